The minimum absolute atomic E-state index is 0.0579. The first-order chi connectivity index (χ1) is 9.95. The number of rotatable bonds is 5. The van der Waals surface area contributed by atoms with E-state index < -0.39 is 10.0 Å². The Balaban J connectivity index is 2.31. The van der Waals surface area contributed by atoms with Crippen LogP contribution in [0, 0.1) is 0 Å². The van der Waals surface area contributed by atoms with E-state index in [4.69, 9.17) is 0 Å². The highest BCUT2D eigenvalue weighted by Gasteiger charge is 2.33. The minimum Gasteiger partial charge on any atom is -0.300 e. The van der Waals surface area contributed by atoms with Crippen LogP contribution in [0.1, 0.15) is 50.8 Å². The maximum Gasteiger partial charge on any atom is 0.252 e. The Hall–Kier alpha value is -0.720. The Morgan fingerprint density at radius 1 is 1.33 bits per heavy atom. The number of carbonyl (C=O) groups excluding carboxylic acids is 1. The maximum atomic E-state index is 12.9. The van der Waals surface area contributed by atoms with Crippen molar-refractivity contribution in [3.8, 4) is 0 Å². The zero-order valence-corrected chi connectivity index (χ0v) is 14.3. The fourth-order valence-electron chi connectivity index (χ4n) is 2.81. The van der Waals surface area contributed by atoms with Gasteiger partial charge in [-0.3, -0.25) is 4.79 Å². The Morgan fingerprint density at radius 2 is 2.10 bits per heavy atom. The number of aryl methyl sites for hydroxylation is 1. The molecular weight excluding hydrogens is 306 g/mol. The van der Waals surface area contributed by atoms with Crippen LogP contribution in [0.4, 0.5) is 0 Å². The summed E-state index contributed by atoms with van der Waals surface area (Å²) in [5.41, 5.74) is 0. The lowest BCUT2D eigenvalue weighted by Gasteiger charge is -2.27. The lowest BCUT2D eigenvalue weighted by molar-refractivity contribution is -0.117. The lowest BCUT2D eigenvalue weighted by Crippen LogP contribution is -2.40. The molecule has 4 nitrogen and oxygen atoms in total. The third kappa shape index (κ3) is 3.93. The van der Waals surface area contributed by atoms with E-state index in [0.717, 1.165) is 37.0 Å². The molecule has 21 heavy (non-hydrogen) atoms. The molecule has 1 atom stereocenters. The van der Waals surface area contributed by atoms with Crippen LogP contribution in [-0.4, -0.2) is 31.1 Å². The normalized spacial score (nSPS) is 21.1. The monoisotopic (exact) mass is 329 g/mol. The van der Waals surface area contributed by atoms with E-state index in [9.17, 15) is 13.2 Å². The summed E-state index contributed by atoms with van der Waals surface area (Å²) in [6, 6.07) is 3.41. The highest BCUT2D eigenvalue weighted by Crippen LogP contribution is 2.30. The Morgan fingerprint density at radius 3 is 2.71 bits per heavy atom. The number of nitrogens with zero attached hydrogens (tertiary/aromatic N) is 1. The molecular formula is C15H23NO3S2. The number of carbonyl (C=O) groups is 1. The molecule has 2 heterocycles. The summed E-state index contributed by atoms with van der Waals surface area (Å²) in [7, 11) is -3.47. The summed E-state index contributed by atoms with van der Waals surface area (Å²) in [6.45, 7) is 4.09. The second kappa shape index (κ2) is 7.03. The van der Waals surface area contributed by atoms with Crippen molar-refractivity contribution in [3.63, 3.8) is 0 Å². The fraction of sp³-hybridized carbons (Fsp3) is 0.667. The van der Waals surface area contributed by atoms with Crippen molar-refractivity contribution in [2.24, 2.45) is 0 Å². The van der Waals surface area contributed by atoms with E-state index in [1.165, 1.54) is 18.3 Å². The second-order valence-electron chi connectivity index (χ2n) is 5.60. The molecule has 118 valence electrons. The summed E-state index contributed by atoms with van der Waals surface area (Å²) >= 11 is 1.35. The first-order valence-corrected chi connectivity index (χ1v) is 9.80. The van der Waals surface area contributed by atoms with Crippen LogP contribution in [-0.2, 0) is 21.2 Å². The molecule has 0 aliphatic carbocycles. The zero-order chi connectivity index (χ0) is 15.5. The summed E-state index contributed by atoms with van der Waals surface area (Å²) in [4.78, 5) is 12.5. The van der Waals surface area contributed by atoms with Gasteiger partial charge in [-0.05, 0) is 38.3 Å². The van der Waals surface area contributed by atoms with Crippen LogP contribution < -0.4 is 0 Å². The third-order valence-corrected chi connectivity index (χ3v) is 7.54. The average Bonchev–Trinajstić information content (AvgIpc) is 2.80. The molecule has 1 saturated heterocycles. The summed E-state index contributed by atoms with van der Waals surface area (Å²) in [5, 5.41) is 0. The number of hydrogen-bond acceptors (Lipinski definition) is 4. The number of ketones is 1. The van der Waals surface area contributed by atoms with E-state index in [0.29, 0.717) is 17.2 Å². The number of thiophene rings is 1. The predicted octanol–water partition coefficient (Wildman–Crippen LogP) is 3.22. The Bertz CT molecular complexity index is 592. The fourth-order valence-corrected chi connectivity index (χ4v) is 5.92. The Kier molecular flexibility index (Phi) is 5.57. The van der Waals surface area contributed by atoms with Crippen LogP contribution in [0.5, 0.6) is 0 Å². The van der Waals surface area contributed by atoms with Crippen LogP contribution >= 0.6 is 11.3 Å². The number of hydrogen-bond donors (Lipinski definition) is 0. The van der Waals surface area contributed by atoms with Gasteiger partial charge < -0.3 is 0 Å². The number of sulfonamides is 1. The molecule has 1 aliphatic heterocycles. The molecule has 1 unspecified atom stereocenters. The average molecular weight is 329 g/mol. The van der Waals surface area contributed by atoms with Crippen molar-refractivity contribution in [1.82, 2.24) is 4.31 Å². The third-order valence-electron chi connectivity index (χ3n) is 3.89. The SMILES string of the molecule is CCc1ccc(S(=O)(=O)N2CCCCCC2CC(C)=O)s1. The molecule has 0 amide bonds. The van der Waals surface area contributed by atoms with Gasteiger partial charge in [0.15, 0.2) is 0 Å². The minimum atomic E-state index is -3.47. The molecule has 6 heteroatoms. The van der Waals surface area contributed by atoms with Crippen molar-refractivity contribution >= 4 is 27.1 Å². The number of Topliss-reactive ketones (excluding diaryl/α,β-unsaturated/α-hetero) is 1. The van der Waals surface area contributed by atoms with Gasteiger partial charge in [-0.1, -0.05) is 19.8 Å². The van der Waals surface area contributed by atoms with Crippen LogP contribution in [0.2, 0.25) is 0 Å². The van der Waals surface area contributed by atoms with Gasteiger partial charge in [0.05, 0.1) is 0 Å². The first-order valence-electron chi connectivity index (χ1n) is 7.55. The van der Waals surface area contributed by atoms with Gasteiger partial charge in [-0.15, -0.1) is 11.3 Å². The molecule has 0 aromatic carbocycles. The van der Waals surface area contributed by atoms with Gasteiger partial charge >= 0.3 is 0 Å². The topological polar surface area (TPSA) is 54.5 Å². The predicted molar refractivity (Wildman–Crippen MR) is 85.1 cm³/mol. The summed E-state index contributed by atoms with van der Waals surface area (Å²) < 4.78 is 27.8. The Labute approximate surface area is 131 Å². The molecule has 1 aromatic rings. The van der Waals surface area contributed by atoms with Crippen molar-refractivity contribution in [3.05, 3.63) is 17.0 Å². The highest BCUT2D eigenvalue weighted by atomic mass is 32.2. The van der Waals surface area contributed by atoms with Gasteiger partial charge in [0, 0.05) is 23.9 Å². The van der Waals surface area contributed by atoms with E-state index in [1.54, 1.807) is 10.4 Å². The lowest BCUT2D eigenvalue weighted by atomic mass is 10.1. The van der Waals surface area contributed by atoms with Crippen molar-refractivity contribution in [2.75, 3.05) is 6.54 Å². The quantitative estimate of drug-likeness (QED) is 0.833. The highest BCUT2D eigenvalue weighted by molar-refractivity contribution is 7.91. The smallest absolute Gasteiger partial charge is 0.252 e. The summed E-state index contributed by atoms with van der Waals surface area (Å²) in [6.07, 6.45) is 4.85. The van der Waals surface area contributed by atoms with Crippen LogP contribution in [0.15, 0.2) is 16.3 Å². The van der Waals surface area contributed by atoms with E-state index in [-0.39, 0.29) is 11.8 Å². The molecule has 0 radical (unpaired) electrons. The molecule has 2 rings (SSSR count). The van der Waals surface area contributed by atoms with Gasteiger partial charge in [0.2, 0.25) is 0 Å². The molecule has 0 spiro atoms. The summed E-state index contributed by atoms with van der Waals surface area (Å²) in [5.74, 6) is 0.0579. The van der Waals surface area contributed by atoms with E-state index >= 15 is 0 Å². The van der Waals surface area contributed by atoms with Crippen LogP contribution in [0.3, 0.4) is 0 Å². The van der Waals surface area contributed by atoms with Crippen molar-refractivity contribution < 1.29 is 13.2 Å². The standard InChI is InChI=1S/C15H23NO3S2/c1-3-14-8-9-15(20-14)21(18,19)16-10-6-4-5-7-13(16)11-12(2)17/h8-9,13H,3-7,10-11H2,1-2H3. The first kappa shape index (κ1) is 16.6. The van der Waals surface area contributed by atoms with Gasteiger partial charge in [0.1, 0.15) is 9.99 Å². The molecule has 1 aromatic heterocycles. The van der Waals surface area contributed by atoms with Crippen molar-refractivity contribution in [1.29, 1.82) is 0 Å². The molecule has 0 saturated carbocycles. The zero-order valence-electron chi connectivity index (χ0n) is 12.7. The molecule has 1 aliphatic rings. The molecule has 0 N–H and O–H groups in total. The van der Waals surface area contributed by atoms with Gasteiger partial charge in [0.25, 0.3) is 10.0 Å². The van der Waals surface area contributed by atoms with Crippen molar-refractivity contribution in [2.45, 2.75) is 62.6 Å². The molecule has 0 bridgehead atoms. The maximum absolute atomic E-state index is 12.9. The second-order valence-corrected chi connectivity index (χ2v) is 8.89. The van der Waals surface area contributed by atoms with Gasteiger partial charge in [-0.2, -0.15) is 4.31 Å². The van der Waals surface area contributed by atoms with Gasteiger partial charge in [-0.25, -0.2) is 8.42 Å². The van der Waals surface area contributed by atoms with E-state index in [2.05, 4.69) is 0 Å². The van der Waals surface area contributed by atoms with Crippen LogP contribution in [0.25, 0.3) is 0 Å². The molecule has 1 fully saturated rings. The largest absolute Gasteiger partial charge is 0.300 e. The van der Waals surface area contributed by atoms with E-state index in [1.807, 2.05) is 13.0 Å².